The Hall–Kier alpha value is -1.33. The topological polar surface area (TPSA) is 177 Å². The van der Waals surface area contributed by atoms with Gasteiger partial charge in [0.2, 0.25) is 0 Å². The van der Waals surface area contributed by atoms with Gasteiger partial charge in [-0.05, 0) is 6.07 Å². The fraction of sp³-hybridized carbons (Fsp3) is 0.556. The lowest BCUT2D eigenvalue weighted by Crippen LogP contribution is -2.36. The number of nitrogens with zero attached hydrogens (tertiary/aromatic N) is 2. The van der Waals surface area contributed by atoms with E-state index in [4.69, 9.17) is 20.3 Å². The Balaban J connectivity index is 2.16. The lowest BCUT2D eigenvalue weighted by atomic mass is 10.1. The normalized spacial score (nSPS) is 29.7. The van der Waals surface area contributed by atoms with E-state index in [1.165, 1.54) is 12.3 Å². The van der Waals surface area contributed by atoms with Crippen molar-refractivity contribution in [3.63, 3.8) is 0 Å². The number of aliphatic hydroxyl groups excluding tert-OH is 2. The van der Waals surface area contributed by atoms with Crippen LogP contribution < -0.4 is 11.4 Å². The Morgan fingerprint density at radius 3 is 2.67 bits per heavy atom. The molecule has 0 saturated carbocycles. The van der Waals surface area contributed by atoms with Crippen LogP contribution in [0.3, 0.4) is 0 Å². The van der Waals surface area contributed by atoms with Crippen molar-refractivity contribution in [1.29, 1.82) is 0 Å². The Bertz CT molecular complexity index is 615. The zero-order valence-corrected chi connectivity index (χ0v) is 11.4. The van der Waals surface area contributed by atoms with Crippen molar-refractivity contribution < 1.29 is 33.8 Å². The Morgan fingerprint density at radius 2 is 2.10 bits per heavy atom. The van der Waals surface area contributed by atoms with Crippen LogP contribution in [0.25, 0.3) is 0 Å². The molecule has 4 atom stereocenters. The Kier molecular flexibility index (Phi) is 4.44. The number of nitrogen functional groups attached to an aromatic ring is 1. The molecule has 6 N–H and O–H groups in total. The lowest BCUT2D eigenvalue weighted by Gasteiger charge is -2.16. The molecule has 1 aliphatic rings. The van der Waals surface area contributed by atoms with E-state index in [1.54, 1.807) is 0 Å². The van der Waals surface area contributed by atoms with Crippen molar-refractivity contribution in [2.24, 2.45) is 0 Å². The fourth-order valence-corrected chi connectivity index (χ4v) is 2.23. The average molecular weight is 323 g/mol. The van der Waals surface area contributed by atoms with Gasteiger partial charge in [-0.15, -0.1) is 0 Å². The van der Waals surface area contributed by atoms with Gasteiger partial charge in [-0.25, -0.2) is 9.36 Å². The van der Waals surface area contributed by atoms with Crippen LogP contribution in [0.1, 0.15) is 6.23 Å². The number of nitrogens with two attached hydrogens (primary N) is 1. The number of rotatable bonds is 4. The minimum absolute atomic E-state index is 0.0225. The third-order valence-corrected chi connectivity index (χ3v) is 3.36. The molecule has 1 aromatic rings. The SMILES string of the molecule is Nc1ccn([C@@H]2O[C@@H](COP(=O)(O)O)[C@H](O)[C@@H]2O)c(=O)n1. The lowest BCUT2D eigenvalue weighted by molar-refractivity contribution is -0.0542. The summed E-state index contributed by atoms with van der Waals surface area (Å²) in [6.07, 6.45) is -4.27. The van der Waals surface area contributed by atoms with Crippen molar-refractivity contribution in [3.8, 4) is 0 Å². The van der Waals surface area contributed by atoms with Crippen molar-refractivity contribution in [1.82, 2.24) is 9.55 Å². The molecule has 12 heteroatoms. The van der Waals surface area contributed by atoms with Gasteiger partial charge in [0, 0.05) is 6.20 Å². The highest BCUT2D eigenvalue weighted by Crippen LogP contribution is 2.38. The minimum atomic E-state index is -4.74. The van der Waals surface area contributed by atoms with Crippen LogP contribution in [0.15, 0.2) is 17.1 Å². The second-order valence-corrected chi connectivity index (χ2v) is 5.61. The van der Waals surface area contributed by atoms with E-state index in [9.17, 15) is 19.6 Å². The quantitative estimate of drug-likeness (QED) is 0.374. The van der Waals surface area contributed by atoms with E-state index >= 15 is 0 Å². The first-order chi connectivity index (χ1) is 9.69. The highest BCUT2D eigenvalue weighted by molar-refractivity contribution is 7.46. The predicted octanol–water partition coefficient (Wildman–Crippen LogP) is -2.45. The van der Waals surface area contributed by atoms with Gasteiger partial charge in [0.25, 0.3) is 0 Å². The smallest absolute Gasteiger partial charge is 0.387 e. The van der Waals surface area contributed by atoms with Crippen LogP contribution in [0, 0.1) is 0 Å². The molecule has 1 aromatic heterocycles. The number of hydrogen-bond donors (Lipinski definition) is 5. The maximum absolute atomic E-state index is 11.6. The summed E-state index contributed by atoms with van der Waals surface area (Å²) in [5, 5.41) is 19.6. The molecule has 11 nitrogen and oxygen atoms in total. The van der Waals surface area contributed by atoms with E-state index in [1.807, 2.05) is 0 Å². The molecule has 0 radical (unpaired) electrons. The van der Waals surface area contributed by atoms with Crippen molar-refractivity contribution in [3.05, 3.63) is 22.7 Å². The van der Waals surface area contributed by atoms with E-state index in [2.05, 4.69) is 9.51 Å². The second kappa shape index (κ2) is 5.81. The summed E-state index contributed by atoms with van der Waals surface area (Å²) in [7, 11) is -4.74. The minimum Gasteiger partial charge on any atom is -0.387 e. The monoisotopic (exact) mass is 323 g/mol. The zero-order chi connectivity index (χ0) is 15.8. The predicted molar refractivity (Wildman–Crippen MR) is 66.8 cm³/mol. The van der Waals surface area contributed by atoms with Gasteiger partial charge in [-0.2, -0.15) is 4.98 Å². The number of anilines is 1. The van der Waals surface area contributed by atoms with E-state index in [-0.39, 0.29) is 5.82 Å². The average Bonchev–Trinajstić information content (AvgIpc) is 2.64. The largest absolute Gasteiger partial charge is 0.469 e. The van der Waals surface area contributed by atoms with Crippen molar-refractivity contribution in [2.75, 3.05) is 12.3 Å². The van der Waals surface area contributed by atoms with Gasteiger partial charge in [0.05, 0.1) is 6.61 Å². The van der Waals surface area contributed by atoms with Crippen LogP contribution in [-0.4, -0.2) is 54.5 Å². The first-order valence-corrected chi connectivity index (χ1v) is 7.28. The molecule has 1 saturated heterocycles. The molecule has 2 rings (SSSR count). The fourth-order valence-electron chi connectivity index (χ4n) is 1.89. The third kappa shape index (κ3) is 3.66. The summed E-state index contributed by atoms with van der Waals surface area (Å²) >= 11 is 0. The molecule has 0 aliphatic carbocycles. The first kappa shape index (κ1) is 16.0. The molecule has 0 spiro atoms. The van der Waals surface area contributed by atoms with Crippen LogP contribution >= 0.6 is 7.82 Å². The highest BCUT2D eigenvalue weighted by atomic mass is 31.2. The highest BCUT2D eigenvalue weighted by Gasteiger charge is 2.44. The molecular weight excluding hydrogens is 309 g/mol. The van der Waals surface area contributed by atoms with Gasteiger partial charge < -0.3 is 30.5 Å². The number of hydrogen-bond acceptors (Lipinski definition) is 8. The van der Waals surface area contributed by atoms with Crippen molar-refractivity contribution in [2.45, 2.75) is 24.5 Å². The van der Waals surface area contributed by atoms with Gasteiger partial charge in [-0.1, -0.05) is 0 Å². The number of aliphatic hydroxyl groups is 2. The number of ether oxygens (including phenoxy) is 1. The maximum Gasteiger partial charge on any atom is 0.469 e. The zero-order valence-electron chi connectivity index (χ0n) is 10.5. The van der Waals surface area contributed by atoms with E-state index in [0.29, 0.717) is 0 Å². The molecule has 0 bridgehead atoms. The molecule has 0 unspecified atom stereocenters. The van der Waals surface area contributed by atoms with E-state index in [0.717, 1.165) is 4.57 Å². The molecule has 118 valence electrons. The van der Waals surface area contributed by atoms with Crippen LogP contribution in [0.5, 0.6) is 0 Å². The summed E-state index contributed by atoms with van der Waals surface area (Å²) in [5.41, 5.74) is 4.52. The summed E-state index contributed by atoms with van der Waals surface area (Å²) < 4.78 is 20.9. The molecule has 0 aromatic carbocycles. The van der Waals surface area contributed by atoms with Crippen LogP contribution in [0.4, 0.5) is 5.82 Å². The molecule has 1 fully saturated rings. The molecule has 0 amide bonds. The van der Waals surface area contributed by atoms with Crippen molar-refractivity contribution >= 4 is 13.6 Å². The van der Waals surface area contributed by atoms with Crippen LogP contribution in [-0.2, 0) is 13.8 Å². The number of phosphoric acid groups is 1. The summed E-state index contributed by atoms with van der Waals surface area (Å²) in [4.78, 5) is 32.3. The summed E-state index contributed by atoms with van der Waals surface area (Å²) in [5.74, 6) is -0.0225. The van der Waals surface area contributed by atoms with Gasteiger partial charge >= 0.3 is 13.5 Å². The van der Waals surface area contributed by atoms with Crippen LogP contribution in [0.2, 0.25) is 0 Å². The summed E-state index contributed by atoms with van der Waals surface area (Å²) in [6, 6.07) is 1.29. The maximum atomic E-state index is 11.6. The second-order valence-electron chi connectivity index (χ2n) is 4.37. The molecule has 21 heavy (non-hydrogen) atoms. The number of phosphoric ester groups is 1. The van der Waals surface area contributed by atoms with Gasteiger partial charge in [0.1, 0.15) is 24.1 Å². The Labute approximate surface area is 117 Å². The van der Waals surface area contributed by atoms with E-state index < -0.39 is 44.7 Å². The van der Waals surface area contributed by atoms with Gasteiger partial charge in [0.15, 0.2) is 6.23 Å². The molecule has 2 heterocycles. The number of aromatic nitrogens is 2. The molecule has 1 aliphatic heterocycles. The summed E-state index contributed by atoms with van der Waals surface area (Å²) in [6.45, 7) is -0.657. The first-order valence-electron chi connectivity index (χ1n) is 5.75. The third-order valence-electron chi connectivity index (χ3n) is 2.87. The standard InChI is InChI=1S/C9H14N3O8P/c10-5-1-2-12(9(15)11-5)8-7(14)6(13)4(20-8)3-19-21(16,17)18/h1-2,4,6-8,13-14H,3H2,(H2,10,11,15)(H2,16,17,18)/t4-,6-,7-,8+/m0/s1. The van der Waals surface area contributed by atoms with Gasteiger partial charge in [-0.3, -0.25) is 9.09 Å². The molecular formula is C9H14N3O8P. The Morgan fingerprint density at radius 1 is 1.43 bits per heavy atom.